The molecule has 0 saturated heterocycles. The van der Waals surface area contributed by atoms with E-state index in [0.29, 0.717) is 12.7 Å². The highest BCUT2D eigenvalue weighted by Crippen LogP contribution is 2.37. The van der Waals surface area contributed by atoms with E-state index in [2.05, 4.69) is 12.2 Å². The van der Waals surface area contributed by atoms with Crippen molar-refractivity contribution in [3.05, 3.63) is 0 Å². The van der Waals surface area contributed by atoms with Crippen molar-refractivity contribution in [3.63, 3.8) is 0 Å². The fourth-order valence-corrected chi connectivity index (χ4v) is 2.24. The molecule has 5 nitrogen and oxygen atoms in total. The van der Waals surface area contributed by atoms with Crippen LogP contribution >= 0.6 is 0 Å². The Kier molecular flexibility index (Phi) is 9.05. The highest BCUT2D eigenvalue weighted by atomic mass is 16.4. The third kappa shape index (κ3) is 5.37. The quantitative estimate of drug-likeness (QED) is 0.413. The molecule has 0 aliphatic heterocycles. The van der Waals surface area contributed by atoms with E-state index in [9.17, 15) is 4.79 Å². The summed E-state index contributed by atoms with van der Waals surface area (Å²) in [7, 11) is 3.05. The number of hydrogen-bond acceptors (Lipinski definition) is 4. The molecule has 0 amide bonds. The number of nitrogens with one attached hydrogen (secondary N) is 1. The number of carboxylic acids is 1. The van der Waals surface area contributed by atoms with Crippen LogP contribution in [-0.4, -0.2) is 42.7 Å². The van der Waals surface area contributed by atoms with Gasteiger partial charge in [-0.3, -0.25) is 4.79 Å². The Balaban J connectivity index is 0.000000631. The van der Waals surface area contributed by atoms with E-state index < -0.39 is 11.5 Å². The van der Waals surface area contributed by atoms with Crippen LogP contribution in [0.5, 0.6) is 0 Å². The summed E-state index contributed by atoms with van der Waals surface area (Å²) in [6, 6.07) is 0. The van der Waals surface area contributed by atoms with Gasteiger partial charge in [0.15, 0.2) is 0 Å². The zero-order chi connectivity index (χ0) is 14.0. The minimum atomic E-state index is -1.02. The number of nitrogens with two attached hydrogens (primary N) is 1. The first-order chi connectivity index (χ1) is 8.52. The Hall–Kier alpha value is -0.585. The zero-order valence-electron chi connectivity index (χ0n) is 11.5. The monoisotopic (exact) mass is 257 g/mol. The average molecular weight is 257 g/mol. The Morgan fingerprint density at radius 3 is 2.67 bits per heavy atom. The second-order valence-corrected chi connectivity index (χ2v) is 4.76. The molecular weight excluding hydrogens is 231 g/mol. The van der Waals surface area contributed by atoms with Gasteiger partial charge in [0.25, 0.3) is 7.48 Å². The minimum Gasteiger partial charge on any atom is -0.480 e. The van der Waals surface area contributed by atoms with Gasteiger partial charge < -0.3 is 21.2 Å². The van der Waals surface area contributed by atoms with E-state index in [-0.39, 0.29) is 5.92 Å². The van der Waals surface area contributed by atoms with Crippen molar-refractivity contribution in [3.8, 4) is 0 Å². The maximum atomic E-state index is 11.0. The fraction of sp³-hybridized carbons (Fsp3) is 0.917. The molecule has 1 saturated carbocycles. The maximum absolute atomic E-state index is 11.0. The van der Waals surface area contributed by atoms with E-state index in [0.717, 1.165) is 39.7 Å². The SMILES string of the molecule is CCNC.NC1(C(=O)O)CCCC1CCC[B]O. The Bertz CT molecular complexity index is 239. The van der Waals surface area contributed by atoms with Gasteiger partial charge >= 0.3 is 5.97 Å². The molecule has 2 atom stereocenters. The van der Waals surface area contributed by atoms with Crippen LogP contribution in [0.25, 0.3) is 0 Å². The predicted octanol–water partition coefficient (Wildman–Crippen LogP) is 0.604. The van der Waals surface area contributed by atoms with Crippen molar-refractivity contribution < 1.29 is 14.9 Å². The van der Waals surface area contributed by atoms with Crippen LogP contribution in [0.1, 0.15) is 39.0 Å². The van der Waals surface area contributed by atoms with Gasteiger partial charge in [-0.2, -0.15) is 0 Å². The summed E-state index contributed by atoms with van der Waals surface area (Å²) in [6.07, 6.45) is 4.60. The van der Waals surface area contributed by atoms with Gasteiger partial charge in [-0.05, 0) is 38.8 Å². The lowest BCUT2D eigenvalue weighted by Gasteiger charge is -2.26. The number of aliphatic carboxylic acids is 1. The van der Waals surface area contributed by atoms with Gasteiger partial charge in [0, 0.05) is 0 Å². The Labute approximate surface area is 110 Å². The Morgan fingerprint density at radius 2 is 2.22 bits per heavy atom. The van der Waals surface area contributed by atoms with Crippen molar-refractivity contribution >= 4 is 13.5 Å². The topological polar surface area (TPSA) is 95.6 Å². The van der Waals surface area contributed by atoms with E-state index in [1.807, 2.05) is 7.05 Å². The van der Waals surface area contributed by atoms with Crippen LogP contribution in [0.2, 0.25) is 6.32 Å². The molecule has 6 heteroatoms. The molecule has 18 heavy (non-hydrogen) atoms. The maximum Gasteiger partial charge on any atom is 0.323 e. The standard InChI is InChI=1S/C9H17BNO3.C3H9N/c11-9(8(12)13)5-1-3-7(9)4-2-6-10-14;1-3-4-2/h7,14H,1-6,11H2,(H,12,13);4H,3H2,1-2H3. The van der Waals surface area contributed by atoms with Gasteiger partial charge in [-0.1, -0.05) is 26.1 Å². The molecule has 0 spiro atoms. The fourth-order valence-electron chi connectivity index (χ4n) is 2.24. The molecule has 1 aliphatic carbocycles. The molecular formula is C12H26BN2O3. The van der Waals surface area contributed by atoms with Crippen LogP contribution in [-0.2, 0) is 4.79 Å². The molecule has 5 N–H and O–H groups in total. The third-order valence-corrected chi connectivity index (χ3v) is 3.51. The number of rotatable bonds is 6. The molecule has 0 bridgehead atoms. The van der Waals surface area contributed by atoms with E-state index in [4.69, 9.17) is 15.9 Å². The Morgan fingerprint density at radius 1 is 1.61 bits per heavy atom. The molecule has 1 radical (unpaired) electrons. The summed E-state index contributed by atoms with van der Waals surface area (Å²) in [5.41, 5.74) is 4.84. The van der Waals surface area contributed by atoms with Crippen LogP contribution in [0.3, 0.4) is 0 Å². The molecule has 1 fully saturated rings. The van der Waals surface area contributed by atoms with Crippen LogP contribution < -0.4 is 11.1 Å². The lowest BCUT2D eigenvalue weighted by molar-refractivity contribution is -0.144. The molecule has 1 aliphatic rings. The number of carboxylic acid groups (broad SMARTS) is 1. The van der Waals surface area contributed by atoms with E-state index >= 15 is 0 Å². The molecule has 0 aromatic heterocycles. The highest BCUT2D eigenvalue weighted by Gasteiger charge is 2.45. The largest absolute Gasteiger partial charge is 0.480 e. The summed E-state index contributed by atoms with van der Waals surface area (Å²) >= 11 is 0. The normalized spacial score (nSPS) is 26.3. The smallest absolute Gasteiger partial charge is 0.323 e. The summed E-state index contributed by atoms with van der Waals surface area (Å²) < 4.78 is 0. The number of hydrogen-bond donors (Lipinski definition) is 4. The summed E-state index contributed by atoms with van der Waals surface area (Å²) in [6.45, 7) is 3.14. The van der Waals surface area contributed by atoms with Gasteiger partial charge in [-0.15, -0.1) is 0 Å². The molecule has 1 rings (SSSR count). The van der Waals surface area contributed by atoms with Crippen LogP contribution in [0.4, 0.5) is 0 Å². The van der Waals surface area contributed by atoms with E-state index in [1.165, 1.54) is 0 Å². The first kappa shape index (κ1) is 17.4. The summed E-state index contributed by atoms with van der Waals surface area (Å²) in [4.78, 5) is 11.0. The second-order valence-electron chi connectivity index (χ2n) is 4.76. The first-order valence-electron chi connectivity index (χ1n) is 6.65. The van der Waals surface area contributed by atoms with Gasteiger partial charge in [-0.25, -0.2) is 0 Å². The first-order valence-corrected chi connectivity index (χ1v) is 6.65. The van der Waals surface area contributed by atoms with Crippen LogP contribution in [0, 0.1) is 5.92 Å². The summed E-state index contributed by atoms with van der Waals surface area (Å²) in [5.74, 6) is -0.812. The second kappa shape index (κ2) is 9.36. The van der Waals surface area contributed by atoms with Gasteiger partial charge in [0.05, 0.1) is 0 Å². The van der Waals surface area contributed by atoms with Crippen molar-refractivity contribution in [2.24, 2.45) is 11.7 Å². The van der Waals surface area contributed by atoms with Crippen molar-refractivity contribution in [2.45, 2.75) is 50.9 Å². The molecule has 2 unspecified atom stereocenters. The van der Waals surface area contributed by atoms with E-state index in [1.54, 1.807) is 0 Å². The minimum absolute atomic E-state index is 0.0694. The van der Waals surface area contributed by atoms with Crippen molar-refractivity contribution in [1.82, 2.24) is 5.32 Å². The van der Waals surface area contributed by atoms with Crippen LogP contribution in [0.15, 0.2) is 0 Å². The zero-order valence-corrected chi connectivity index (χ0v) is 11.5. The third-order valence-electron chi connectivity index (χ3n) is 3.51. The number of carbonyl (C=O) groups is 1. The molecule has 0 aromatic rings. The summed E-state index contributed by atoms with van der Waals surface area (Å²) in [5, 5.41) is 20.5. The molecule has 105 valence electrons. The lowest BCUT2D eigenvalue weighted by Crippen LogP contribution is -2.50. The van der Waals surface area contributed by atoms with Gasteiger partial charge in [0.1, 0.15) is 5.54 Å². The molecule has 0 aromatic carbocycles. The lowest BCUT2D eigenvalue weighted by atomic mass is 9.82. The predicted molar refractivity (Wildman–Crippen MR) is 73.5 cm³/mol. The van der Waals surface area contributed by atoms with Crippen molar-refractivity contribution in [1.29, 1.82) is 0 Å². The molecule has 0 heterocycles. The highest BCUT2D eigenvalue weighted by molar-refractivity contribution is 6.25. The van der Waals surface area contributed by atoms with Gasteiger partial charge in [0.2, 0.25) is 0 Å². The average Bonchev–Trinajstić information content (AvgIpc) is 2.73. The van der Waals surface area contributed by atoms with Crippen molar-refractivity contribution in [2.75, 3.05) is 13.6 Å².